The average Bonchev–Trinajstić information content (AvgIpc) is 2.31. The molecular weight excluding hydrogens is 279 g/mol. The number of nitrogens with zero attached hydrogens (tertiary/aromatic N) is 1. The first-order chi connectivity index (χ1) is 8.52. The van der Waals surface area contributed by atoms with Gasteiger partial charge >= 0.3 is 5.97 Å². The van der Waals surface area contributed by atoms with Gasteiger partial charge in [-0.15, -0.1) is 0 Å². The Morgan fingerprint density at radius 3 is 2.83 bits per heavy atom. The Kier molecular flexibility index (Phi) is 5.61. The first-order valence-electron chi connectivity index (χ1n) is 4.93. The van der Waals surface area contributed by atoms with Crippen molar-refractivity contribution in [3.05, 3.63) is 34.5 Å². The summed E-state index contributed by atoms with van der Waals surface area (Å²) in [5.41, 5.74) is 0. The van der Waals surface area contributed by atoms with E-state index in [9.17, 15) is 9.59 Å². The second-order valence-corrected chi connectivity index (χ2v) is 3.98. The van der Waals surface area contributed by atoms with Gasteiger partial charge in [-0.1, -0.05) is 29.3 Å². The molecule has 0 atom stereocenters. The Labute approximate surface area is 114 Å². The summed E-state index contributed by atoms with van der Waals surface area (Å²) < 4.78 is 4.65. The average molecular weight is 289 g/mol. The van der Waals surface area contributed by atoms with Gasteiger partial charge in [-0.2, -0.15) is 0 Å². The summed E-state index contributed by atoms with van der Waals surface area (Å²) in [5.74, 6) is -0.972. The zero-order valence-electron chi connectivity index (χ0n) is 9.44. The minimum atomic E-state index is -0.595. The van der Waals surface area contributed by atoms with Crippen molar-refractivity contribution in [2.75, 3.05) is 11.9 Å². The number of pyridine rings is 1. The second kappa shape index (κ2) is 6.98. The van der Waals surface area contributed by atoms with Gasteiger partial charge in [0.2, 0.25) is 0 Å². The Hall–Kier alpha value is -1.59. The van der Waals surface area contributed by atoms with Crippen molar-refractivity contribution in [3.63, 3.8) is 0 Å². The molecule has 1 heterocycles. The number of esters is 1. The van der Waals surface area contributed by atoms with Crippen molar-refractivity contribution < 1.29 is 14.3 Å². The van der Waals surface area contributed by atoms with E-state index in [-0.39, 0.29) is 10.8 Å². The number of hydrogen-bond donors (Lipinski definition) is 1. The third kappa shape index (κ3) is 4.73. The molecule has 18 heavy (non-hydrogen) atoms. The minimum Gasteiger partial charge on any atom is -0.452 e. The van der Waals surface area contributed by atoms with Gasteiger partial charge in [0.05, 0.1) is 10.0 Å². The van der Waals surface area contributed by atoms with E-state index < -0.39 is 18.5 Å². The van der Waals surface area contributed by atoms with Crippen LogP contribution in [0.2, 0.25) is 10.0 Å². The molecule has 0 bridgehead atoms. The minimum absolute atomic E-state index is 0.160. The highest BCUT2D eigenvalue weighted by molar-refractivity contribution is 6.36. The maximum Gasteiger partial charge on any atom is 0.330 e. The summed E-state index contributed by atoms with van der Waals surface area (Å²) in [4.78, 5) is 26.2. The molecule has 0 aliphatic heterocycles. The number of aromatic nitrogens is 1. The molecular formula is C11H10Cl2N2O3. The van der Waals surface area contributed by atoms with Crippen molar-refractivity contribution in [1.29, 1.82) is 0 Å². The van der Waals surface area contributed by atoms with Crippen LogP contribution in [0.5, 0.6) is 0 Å². The first kappa shape index (κ1) is 14.5. The van der Waals surface area contributed by atoms with Crippen LogP contribution in [-0.2, 0) is 14.3 Å². The van der Waals surface area contributed by atoms with Gasteiger partial charge in [0.25, 0.3) is 5.91 Å². The molecule has 1 aromatic heterocycles. The fourth-order valence-corrected chi connectivity index (χ4v) is 1.42. The van der Waals surface area contributed by atoms with Gasteiger partial charge in [0.15, 0.2) is 12.4 Å². The number of halogens is 2. The molecule has 5 nitrogen and oxygen atoms in total. The highest BCUT2D eigenvalue weighted by Gasteiger charge is 2.09. The standard InChI is InChI=1S/C11H10Cl2N2O3/c1-2-3-10(17)18-6-9(16)15-11-8(13)4-7(12)5-14-11/h2-5H,6H2,1H3,(H,14,15,16). The molecule has 0 unspecified atom stereocenters. The number of carbonyl (C=O) groups is 2. The van der Waals surface area contributed by atoms with E-state index in [0.29, 0.717) is 5.02 Å². The maximum atomic E-state index is 11.4. The molecule has 0 aromatic carbocycles. The van der Waals surface area contributed by atoms with E-state index in [0.717, 1.165) is 0 Å². The first-order valence-corrected chi connectivity index (χ1v) is 5.69. The maximum absolute atomic E-state index is 11.4. The number of rotatable bonds is 4. The van der Waals surface area contributed by atoms with Gasteiger partial charge in [-0.25, -0.2) is 9.78 Å². The molecule has 0 saturated carbocycles. The molecule has 0 radical (unpaired) electrons. The molecule has 96 valence electrons. The summed E-state index contributed by atoms with van der Waals surface area (Å²) >= 11 is 11.5. The molecule has 0 spiro atoms. The number of ether oxygens (including phenoxy) is 1. The van der Waals surface area contributed by atoms with Crippen molar-refractivity contribution in [1.82, 2.24) is 4.98 Å². The monoisotopic (exact) mass is 288 g/mol. The lowest BCUT2D eigenvalue weighted by Gasteiger charge is -2.06. The van der Waals surface area contributed by atoms with E-state index in [1.165, 1.54) is 24.4 Å². The molecule has 0 saturated heterocycles. The Balaban J connectivity index is 2.52. The normalized spacial score (nSPS) is 10.4. The van der Waals surface area contributed by atoms with Gasteiger partial charge in [0, 0.05) is 12.3 Å². The Morgan fingerprint density at radius 1 is 1.50 bits per heavy atom. The largest absolute Gasteiger partial charge is 0.452 e. The molecule has 1 aromatic rings. The lowest BCUT2D eigenvalue weighted by molar-refractivity contribution is -0.142. The summed E-state index contributed by atoms with van der Waals surface area (Å²) in [6.07, 6.45) is 4.06. The SMILES string of the molecule is CC=CC(=O)OCC(=O)Nc1ncc(Cl)cc1Cl. The lowest BCUT2D eigenvalue weighted by Crippen LogP contribution is -2.20. The lowest BCUT2D eigenvalue weighted by atomic mass is 10.4. The van der Waals surface area contributed by atoms with Crippen LogP contribution < -0.4 is 5.32 Å². The van der Waals surface area contributed by atoms with Gasteiger partial charge in [-0.05, 0) is 13.0 Å². The van der Waals surface area contributed by atoms with Crippen LogP contribution in [-0.4, -0.2) is 23.5 Å². The van der Waals surface area contributed by atoms with E-state index in [4.69, 9.17) is 23.2 Å². The van der Waals surface area contributed by atoms with Crippen LogP contribution in [0.3, 0.4) is 0 Å². The number of carbonyl (C=O) groups excluding carboxylic acids is 2. The van der Waals surface area contributed by atoms with E-state index in [1.807, 2.05) is 0 Å². The van der Waals surface area contributed by atoms with Crippen molar-refractivity contribution in [2.45, 2.75) is 6.92 Å². The third-order valence-corrected chi connectivity index (χ3v) is 2.21. The van der Waals surface area contributed by atoms with E-state index in [1.54, 1.807) is 6.92 Å². The van der Waals surface area contributed by atoms with Gasteiger partial charge < -0.3 is 10.1 Å². The smallest absolute Gasteiger partial charge is 0.330 e. The fourth-order valence-electron chi connectivity index (χ4n) is 0.996. The van der Waals surface area contributed by atoms with Crippen LogP contribution >= 0.6 is 23.2 Å². The summed E-state index contributed by atoms with van der Waals surface area (Å²) in [5, 5.41) is 2.96. The number of nitrogens with one attached hydrogen (secondary N) is 1. The second-order valence-electron chi connectivity index (χ2n) is 3.14. The number of hydrogen-bond acceptors (Lipinski definition) is 4. The fraction of sp³-hybridized carbons (Fsp3) is 0.182. The van der Waals surface area contributed by atoms with Crippen LogP contribution in [0, 0.1) is 0 Å². The topological polar surface area (TPSA) is 68.3 Å². The van der Waals surface area contributed by atoms with Crippen LogP contribution in [0.1, 0.15) is 6.92 Å². The summed E-state index contributed by atoms with van der Waals surface area (Å²) in [7, 11) is 0. The van der Waals surface area contributed by atoms with Crippen molar-refractivity contribution in [2.24, 2.45) is 0 Å². The van der Waals surface area contributed by atoms with Crippen LogP contribution in [0.4, 0.5) is 5.82 Å². The van der Waals surface area contributed by atoms with E-state index in [2.05, 4.69) is 15.0 Å². The van der Waals surface area contributed by atoms with Gasteiger partial charge in [-0.3, -0.25) is 4.79 Å². The predicted octanol–water partition coefficient (Wildman–Crippen LogP) is 2.45. The molecule has 7 heteroatoms. The summed E-state index contributed by atoms with van der Waals surface area (Å²) in [6.45, 7) is 1.25. The number of allylic oxidation sites excluding steroid dienone is 1. The molecule has 0 aliphatic carbocycles. The van der Waals surface area contributed by atoms with Crippen molar-refractivity contribution >= 4 is 40.9 Å². The van der Waals surface area contributed by atoms with Crippen LogP contribution in [0.15, 0.2) is 24.4 Å². The third-order valence-electron chi connectivity index (χ3n) is 1.71. The highest BCUT2D eigenvalue weighted by Crippen LogP contribution is 2.22. The molecule has 1 N–H and O–H groups in total. The molecule has 1 rings (SSSR count). The van der Waals surface area contributed by atoms with E-state index >= 15 is 0 Å². The van der Waals surface area contributed by atoms with Gasteiger partial charge in [0.1, 0.15) is 0 Å². The quantitative estimate of drug-likeness (QED) is 0.683. The predicted molar refractivity (Wildman–Crippen MR) is 68.7 cm³/mol. The van der Waals surface area contributed by atoms with Crippen molar-refractivity contribution in [3.8, 4) is 0 Å². The molecule has 0 fully saturated rings. The number of anilines is 1. The summed E-state index contributed by atoms with van der Waals surface area (Å²) in [6, 6.07) is 1.44. The number of amides is 1. The molecule has 1 amide bonds. The van der Waals surface area contributed by atoms with Crippen LogP contribution in [0.25, 0.3) is 0 Å². The Bertz CT molecular complexity index is 489. The Morgan fingerprint density at radius 2 is 2.22 bits per heavy atom. The zero-order chi connectivity index (χ0) is 13.5. The molecule has 0 aliphatic rings. The highest BCUT2D eigenvalue weighted by atomic mass is 35.5. The zero-order valence-corrected chi connectivity index (χ0v) is 11.0.